The van der Waals surface area contributed by atoms with Crippen LogP contribution in [0.1, 0.15) is 24.5 Å². The quantitative estimate of drug-likeness (QED) is 0.734. The van der Waals surface area contributed by atoms with Crippen molar-refractivity contribution in [2.75, 3.05) is 0 Å². The summed E-state index contributed by atoms with van der Waals surface area (Å²) in [4.78, 5) is 11.8. The number of nitrogens with one attached hydrogen (secondary N) is 1. The van der Waals surface area contributed by atoms with Crippen LogP contribution < -0.4 is 11.1 Å². The molecular weight excluding hydrogens is 212 g/mol. The molecule has 0 aliphatic carbocycles. The molecule has 0 aromatic heterocycles. The highest BCUT2D eigenvalue weighted by Gasteiger charge is 2.09. The zero-order valence-corrected chi connectivity index (χ0v) is 10.3. The van der Waals surface area contributed by atoms with Crippen molar-refractivity contribution in [1.82, 2.24) is 5.32 Å². The fourth-order valence-electron chi connectivity index (χ4n) is 1.74. The molecule has 3 N–H and O–H groups in total. The van der Waals surface area contributed by atoms with E-state index in [-0.39, 0.29) is 11.9 Å². The van der Waals surface area contributed by atoms with E-state index in [4.69, 9.17) is 5.73 Å². The van der Waals surface area contributed by atoms with Gasteiger partial charge in [0.05, 0.1) is 6.42 Å². The lowest BCUT2D eigenvalue weighted by Crippen LogP contribution is -2.33. The van der Waals surface area contributed by atoms with Crippen LogP contribution in [0.5, 0.6) is 0 Å². The monoisotopic (exact) mass is 232 g/mol. The van der Waals surface area contributed by atoms with Crippen molar-refractivity contribution in [1.29, 1.82) is 0 Å². The predicted molar refractivity (Wildman–Crippen MR) is 70.5 cm³/mol. The fraction of sp³-hybridized carbons (Fsp3) is 0.357. The Morgan fingerprint density at radius 2 is 2.12 bits per heavy atom. The number of carbonyl (C=O) groups excluding carboxylic acids is 1. The van der Waals surface area contributed by atoms with Crippen LogP contribution in [0.25, 0.3) is 0 Å². The molecule has 17 heavy (non-hydrogen) atoms. The highest BCUT2D eigenvalue weighted by molar-refractivity contribution is 5.79. The van der Waals surface area contributed by atoms with E-state index in [2.05, 4.69) is 11.9 Å². The van der Waals surface area contributed by atoms with Gasteiger partial charge < -0.3 is 11.1 Å². The Kier molecular flexibility index (Phi) is 5.43. The smallest absolute Gasteiger partial charge is 0.224 e. The lowest BCUT2D eigenvalue weighted by molar-refractivity contribution is -0.121. The average Bonchev–Trinajstić information content (AvgIpc) is 2.29. The zero-order chi connectivity index (χ0) is 12.7. The van der Waals surface area contributed by atoms with Gasteiger partial charge in [0.2, 0.25) is 5.91 Å². The number of amides is 1. The van der Waals surface area contributed by atoms with Crippen molar-refractivity contribution in [3.8, 4) is 0 Å². The van der Waals surface area contributed by atoms with Gasteiger partial charge in [-0.3, -0.25) is 4.79 Å². The number of benzene rings is 1. The maximum absolute atomic E-state index is 11.8. The molecule has 1 aromatic rings. The molecule has 0 saturated heterocycles. The van der Waals surface area contributed by atoms with Gasteiger partial charge in [-0.25, -0.2) is 0 Å². The Bertz CT molecular complexity index is 388. The summed E-state index contributed by atoms with van der Waals surface area (Å²) in [7, 11) is 0. The second-order valence-electron chi connectivity index (χ2n) is 4.14. The van der Waals surface area contributed by atoms with Crippen LogP contribution in [0.3, 0.4) is 0 Å². The van der Waals surface area contributed by atoms with Gasteiger partial charge in [0, 0.05) is 12.6 Å². The van der Waals surface area contributed by atoms with E-state index >= 15 is 0 Å². The van der Waals surface area contributed by atoms with Gasteiger partial charge in [0.1, 0.15) is 0 Å². The topological polar surface area (TPSA) is 55.1 Å². The highest BCUT2D eigenvalue weighted by atomic mass is 16.1. The van der Waals surface area contributed by atoms with Gasteiger partial charge in [0.15, 0.2) is 0 Å². The lowest BCUT2D eigenvalue weighted by atomic mass is 10.0. The number of nitrogens with two attached hydrogens (primary N) is 1. The molecular formula is C14H20N2O. The maximum atomic E-state index is 11.8. The Labute approximate surface area is 103 Å². The van der Waals surface area contributed by atoms with E-state index in [0.29, 0.717) is 13.0 Å². The molecule has 92 valence electrons. The second kappa shape index (κ2) is 6.86. The number of carbonyl (C=O) groups is 1. The average molecular weight is 232 g/mol. The molecule has 1 aromatic carbocycles. The molecule has 0 saturated carbocycles. The van der Waals surface area contributed by atoms with Crippen LogP contribution in [0, 0.1) is 0 Å². The molecule has 0 heterocycles. The molecule has 0 bridgehead atoms. The van der Waals surface area contributed by atoms with Crippen molar-refractivity contribution < 1.29 is 4.79 Å². The van der Waals surface area contributed by atoms with Crippen molar-refractivity contribution in [2.24, 2.45) is 5.73 Å². The van der Waals surface area contributed by atoms with E-state index in [1.165, 1.54) is 0 Å². The summed E-state index contributed by atoms with van der Waals surface area (Å²) in [5.41, 5.74) is 7.66. The summed E-state index contributed by atoms with van der Waals surface area (Å²) >= 11 is 0. The first-order chi connectivity index (χ1) is 8.17. The van der Waals surface area contributed by atoms with Crippen LogP contribution in [-0.4, -0.2) is 11.9 Å². The lowest BCUT2D eigenvalue weighted by Gasteiger charge is -2.13. The molecule has 0 spiro atoms. The highest BCUT2D eigenvalue weighted by Crippen LogP contribution is 2.08. The van der Waals surface area contributed by atoms with E-state index in [9.17, 15) is 4.79 Å². The predicted octanol–water partition coefficient (Wildman–Crippen LogP) is 1.77. The van der Waals surface area contributed by atoms with Gasteiger partial charge >= 0.3 is 0 Å². The third kappa shape index (κ3) is 4.41. The summed E-state index contributed by atoms with van der Waals surface area (Å²) < 4.78 is 0. The van der Waals surface area contributed by atoms with Crippen molar-refractivity contribution in [3.05, 3.63) is 48.0 Å². The van der Waals surface area contributed by atoms with Gasteiger partial charge in [-0.15, -0.1) is 6.58 Å². The van der Waals surface area contributed by atoms with E-state index in [0.717, 1.165) is 17.5 Å². The van der Waals surface area contributed by atoms with Gasteiger partial charge in [-0.05, 0) is 24.5 Å². The first-order valence-electron chi connectivity index (χ1n) is 5.84. The molecule has 0 fully saturated rings. The van der Waals surface area contributed by atoms with Gasteiger partial charge in [-0.2, -0.15) is 0 Å². The molecule has 3 heteroatoms. The largest absolute Gasteiger partial charge is 0.353 e. The van der Waals surface area contributed by atoms with Crippen molar-refractivity contribution >= 4 is 5.91 Å². The van der Waals surface area contributed by atoms with Crippen molar-refractivity contribution in [3.63, 3.8) is 0 Å². The van der Waals surface area contributed by atoms with Gasteiger partial charge in [-0.1, -0.05) is 30.3 Å². The minimum atomic E-state index is 0.0280. The first-order valence-corrected chi connectivity index (χ1v) is 5.84. The molecule has 1 rings (SSSR count). The van der Waals surface area contributed by atoms with Crippen molar-refractivity contribution in [2.45, 2.75) is 32.4 Å². The summed E-state index contributed by atoms with van der Waals surface area (Å²) in [6, 6.07) is 7.89. The van der Waals surface area contributed by atoms with E-state index in [1.54, 1.807) is 6.08 Å². The minimum absolute atomic E-state index is 0.0280. The Balaban J connectivity index is 2.58. The third-order valence-electron chi connectivity index (χ3n) is 2.62. The fourth-order valence-corrected chi connectivity index (χ4v) is 1.74. The number of hydrogen-bond acceptors (Lipinski definition) is 2. The minimum Gasteiger partial charge on any atom is -0.353 e. The summed E-state index contributed by atoms with van der Waals surface area (Å²) in [5, 5.41) is 2.93. The molecule has 0 aliphatic heterocycles. The number of rotatable bonds is 6. The molecule has 1 unspecified atom stereocenters. The number of hydrogen-bond donors (Lipinski definition) is 2. The van der Waals surface area contributed by atoms with E-state index < -0.39 is 0 Å². The molecule has 0 radical (unpaired) electrons. The van der Waals surface area contributed by atoms with E-state index in [1.807, 2.05) is 31.2 Å². The standard InChI is InChI=1S/C14H20N2O/c1-3-6-11(2)16-14(17)9-12-7-4-5-8-13(12)10-15/h3-5,7-8,11H,1,6,9-10,15H2,2H3,(H,16,17). The summed E-state index contributed by atoms with van der Waals surface area (Å²) in [6.45, 7) is 6.08. The molecule has 0 aliphatic rings. The molecule has 1 atom stereocenters. The third-order valence-corrected chi connectivity index (χ3v) is 2.62. The molecule has 3 nitrogen and oxygen atoms in total. The normalized spacial score (nSPS) is 11.9. The van der Waals surface area contributed by atoms with Crippen LogP contribution in [0.4, 0.5) is 0 Å². The van der Waals surface area contributed by atoms with Crippen LogP contribution in [0.2, 0.25) is 0 Å². The van der Waals surface area contributed by atoms with Crippen LogP contribution in [-0.2, 0) is 17.8 Å². The Morgan fingerprint density at radius 1 is 1.47 bits per heavy atom. The zero-order valence-electron chi connectivity index (χ0n) is 10.3. The summed E-state index contributed by atoms with van der Waals surface area (Å²) in [5.74, 6) is 0.0280. The summed E-state index contributed by atoms with van der Waals surface area (Å²) in [6.07, 6.45) is 2.97. The SMILES string of the molecule is C=CCC(C)NC(=O)Cc1ccccc1CN. The Hall–Kier alpha value is -1.61. The molecule has 1 amide bonds. The Morgan fingerprint density at radius 3 is 2.71 bits per heavy atom. The first kappa shape index (κ1) is 13.5. The van der Waals surface area contributed by atoms with Crippen LogP contribution in [0.15, 0.2) is 36.9 Å². The van der Waals surface area contributed by atoms with Crippen LogP contribution >= 0.6 is 0 Å². The second-order valence-corrected chi connectivity index (χ2v) is 4.14. The van der Waals surface area contributed by atoms with Gasteiger partial charge in [0.25, 0.3) is 0 Å². The maximum Gasteiger partial charge on any atom is 0.224 e.